The molecule has 31 heavy (non-hydrogen) atoms. The number of carbonyl (C=O) groups is 1. The quantitative estimate of drug-likeness (QED) is 0.632. The van der Waals surface area contributed by atoms with E-state index in [-0.39, 0.29) is 23.3 Å². The van der Waals surface area contributed by atoms with Crippen LogP contribution in [0, 0.1) is 5.92 Å². The molecular weight excluding hydrogens is 412 g/mol. The molecular formula is C24H21ClN4O2. The van der Waals surface area contributed by atoms with Gasteiger partial charge in [0.1, 0.15) is 6.33 Å². The third-order valence-corrected chi connectivity index (χ3v) is 6.31. The molecule has 0 aliphatic carbocycles. The van der Waals surface area contributed by atoms with Crippen LogP contribution in [0.5, 0.6) is 0 Å². The number of amides is 1. The Labute approximate surface area is 184 Å². The van der Waals surface area contributed by atoms with E-state index in [1.165, 1.54) is 6.33 Å². The molecule has 0 unspecified atom stereocenters. The van der Waals surface area contributed by atoms with E-state index < -0.39 is 0 Å². The fourth-order valence-electron chi connectivity index (χ4n) is 4.61. The zero-order chi connectivity index (χ0) is 21.4. The Bertz CT molecular complexity index is 1200. The number of carbonyl (C=O) groups excluding carboxylic acids is 1. The third kappa shape index (κ3) is 3.91. The van der Waals surface area contributed by atoms with E-state index in [9.17, 15) is 9.59 Å². The highest BCUT2D eigenvalue weighted by Gasteiger charge is 2.36. The van der Waals surface area contributed by atoms with Gasteiger partial charge in [-0.05, 0) is 48.2 Å². The van der Waals surface area contributed by atoms with E-state index >= 15 is 0 Å². The molecule has 2 bridgehead atoms. The highest BCUT2D eigenvalue weighted by atomic mass is 35.5. The molecule has 5 rings (SSSR count). The van der Waals surface area contributed by atoms with Crippen LogP contribution in [0.2, 0.25) is 5.02 Å². The third-order valence-electron chi connectivity index (χ3n) is 6.05. The number of piperidine rings is 1. The van der Waals surface area contributed by atoms with Crippen LogP contribution in [0.3, 0.4) is 0 Å². The second-order valence-electron chi connectivity index (χ2n) is 8.15. The molecule has 6 nitrogen and oxygen atoms in total. The van der Waals surface area contributed by atoms with Gasteiger partial charge in [0, 0.05) is 54.2 Å². The summed E-state index contributed by atoms with van der Waals surface area (Å²) in [5.41, 5.74) is 3.18. The molecule has 7 heteroatoms. The van der Waals surface area contributed by atoms with Crippen molar-refractivity contribution in [2.45, 2.75) is 18.9 Å². The van der Waals surface area contributed by atoms with Crippen LogP contribution in [0.4, 0.5) is 0 Å². The molecule has 2 aliphatic heterocycles. The predicted octanol–water partition coefficient (Wildman–Crippen LogP) is 3.72. The molecule has 4 heterocycles. The number of pyridine rings is 1. The van der Waals surface area contributed by atoms with Crippen molar-refractivity contribution in [1.82, 2.24) is 19.4 Å². The Kier molecular flexibility index (Phi) is 5.16. The average Bonchev–Trinajstić information content (AvgIpc) is 2.80. The van der Waals surface area contributed by atoms with Crippen molar-refractivity contribution < 1.29 is 4.79 Å². The van der Waals surface area contributed by atoms with Crippen LogP contribution in [0.15, 0.2) is 59.9 Å². The van der Waals surface area contributed by atoms with Crippen molar-refractivity contribution >= 4 is 29.7 Å². The number of likely N-dealkylation sites (tertiary alicyclic amines) is 1. The predicted molar refractivity (Wildman–Crippen MR) is 120 cm³/mol. The minimum absolute atomic E-state index is 0.0219. The molecule has 156 valence electrons. The largest absolute Gasteiger partial charge is 0.338 e. The maximum Gasteiger partial charge on any atom is 0.258 e. The van der Waals surface area contributed by atoms with Crippen molar-refractivity contribution in [2.24, 2.45) is 5.92 Å². The van der Waals surface area contributed by atoms with E-state index in [2.05, 4.69) is 9.97 Å². The summed E-state index contributed by atoms with van der Waals surface area (Å²) in [6.07, 6.45) is 9.30. The monoisotopic (exact) mass is 432 g/mol. The number of benzene rings is 1. The molecule has 1 saturated heterocycles. The van der Waals surface area contributed by atoms with E-state index in [1.54, 1.807) is 12.4 Å². The van der Waals surface area contributed by atoms with Gasteiger partial charge in [0.15, 0.2) is 0 Å². The Balaban J connectivity index is 1.39. The fraction of sp³-hybridized carbons (Fsp3) is 0.250. The van der Waals surface area contributed by atoms with Crippen LogP contribution in [0.25, 0.3) is 12.2 Å². The second-order valence-corrected chi connectivity index (χ2v) is 8.59. The SMILES string of the molecule is O=C(c1cncnc1)N1C[C@H]2C[C@H](C1)c1ccc(C=Cc3ccc(Cl)cc3)c(=O)n1C2. The zero-order valence-electron chi connectivity index (χ0n) is 16.8. The van der Waals surface area contributed by atoms with Gasteiger partial charge in [-0.3, -0.25) is 9.59 Å². The molecule has 0 saturated carbocycles. The van der Waals surface area contributed by atoms with Crippen molar-refractivity contribution in [3.63, 3.8) is 0 Å². The van der Waals surface area contributed by atoms with Gasteiger partial charge in [0.25, 0.3) is 11.5 Å². The first kappa shape index (κ1) is 19.7. The molecule has 1 aromatic carbocycles. The van der Waals surface area contributed by atoms with Gasteiger partial charge in [-0.25, -0.2) is 9.97 Å². The molecule has 2 aromatic heterocycles. The Morgan fingerprint density at radius 2 is 1.77 bits per heavy atom. The lowest BCUT2D eigenvalue weighted by Gasteiger charge is -2.42. The number of hydrogen-bond acceptors (Lipinski definition) is 4. The Morgan fingerprint density at radius 3 is 2.55 bits per heavy atom. The lowest BCUT2D eigenvalue weighted by molar-refractivity contribution is 0.0593. The summed E-state index contributed by atoms with van der Waals surface area (Å²) >= 11 is 5.94. The van der Waals surface area contributed by atoms with Crippen LogP contribution < -0.4 is 5.56 Å². The lowest BCUT2D eigenvalue weighted by atomic mass is 9.82. The van der Waals surface area contributed by atoms with E-state index in [0.29, 0.717) is 35.8 Å². The molecule has 1 fully saturated rings. The van der Waals surface area contributed by atoms with Crippen molar-refractivity contribution in [3.05, 3.63) is 92.9 Å². The Hall–Kier alpha value is -3.25. The number of halogens is 1. The summed E-state index contributed by atoms with van der Waals surface area (Å²) in [6.45, 7) is 1.87. The summed E-state index contributed by atoms with van der Waals surface area (Å²) in [4.78, 5) is 35.8. The average molecular weight is 433 g/mol. The molecule has 0 spiro atoms. The first-order valence-electron chi connectivity index (χ1n) is 10.3. The van der Waals surface area contributed by atoms with Gasteiger partial charge in [-0.2, -0.15) is 0 Å². The highest BCUT2D eigenvalue weighted by molar-refractivity contribution is 6.30. The second kappa shape index (κ2) is 8.12. The summed E-state index contributed by atoms with van der Waals surface area (Å²) in [7, 11) is 0. The van der Waals surface area contributed by atoms with Gasteiger partial charge in [0.2, 0.25) is 0 Å². The topological polar surface area (TPSA) is 68.1 Å². The fourth-order valence-corrected chi connectivity index (χ4v) is 4.73. The van der Waals surface area contributed by atoms with Gasteiger partial charge < -0.3 is 9.47 Å². The van der Waals surface area contributed by atoms with Gasteiger partial charge in [0.05, 0.1) is 5.56 Å². The summed E-state index contributed by atoms with van der Waals surface area (Å²) in [6, 6.07) is 11.4. The number of nitrogens with zero attached hydrogens (tertiary/aromatic N) is 4. The van der Waals surface area contributed by atoms with Crippen LogP contribution >= 0.6 is 11.6 Å². The van der Waals surface area contributed by atoms with Crippen molar-refractivity contribution in [2.75, 3.05) is 13.1 Å². The van der Waals surface area contributed by atoms with Crippen LogP contribution in [-0.2, 0) is 6.54 Å². The van der Waals surface area contributed by atoms with E-state index in [0.717, 1.165) is 17.7 Å². The van der Waals surface area contributed by atoms with E-state index in [4.69, 9.17) is 11.6 Å². The van der Waals surface area contributed by atoms with Crippen molar-refractivity contribution in [1.29, 1.82) is 0 Å². The minimum atomic E-state index is -0.0476. The molecule has 0 radical (unpaired) electrons. The lowest BCUT2D eigenvalue weighted by Crippen LogP contribution is -2.49. The maximum absolute atomic E-state index is 13.2. The number of aromatic nitrogens is 3. The maximum atomic E-state index is 13.2. The number of rotatable bonds is 3. The van der Waals surface area contributed by atoms with Crippen molar-refractivity contribution in [3.8, 4) is 0 Å². The van der Waals surface area contributed by atoms with Gasteiger partial charge in [-0.15, -0.1) is 0 Å². The first-order chi connectivity index (χ1) is 15.1. The molecule has 1 amide bonds. The molecule has 3 aromatic rings. The van der Waals surface area contributed by atoms with Crippen LogP contribution in [0.1, 0.15) is 39.5 Å². The van der Waals surface area contributed by atoms with Crippen LogP contribution in [-0.4, -0.2) is 38.4 Å². The van der Waals surface area contributed by atoms with Gasteiger partial charge in [-0.1, -0.05) is 29.8 Å². The van der Waals surface area contributed by atoms with Gasteiger partial charge >= 0.3 is 0 Å². The normalized spacial score (nSPS) is 20.0. The smallest absolute Gasteiger partial charge is 0.258 e. The summed E-state index contributed by atoms with van der Waals surface area (Å²) in [5, 5.41) is 0.685. The summed E-state index contributed by atoms with van der Waals surface area (Å²) in [5.74, 6) is 0.365. The number of hydrogen-bond donors (Lipinski definition) is 0. The highest BCUT2D eigenvalue weighted by Crippen LogP contribution is 2.35. The van der Waals surface area contributed by atoms with E-state index in [1.807, 2.05) is 58.0 Å². The molecule has 2 aliphatic rings. The minimum Gasteiger partial charge on any atom is -0.338 e. The molecule has 2 atom stereocenters. The summed E-state index contributed by atoms with van der Waals surface area (Å²) < 4.78 is 1.90. The molecule has 0 N–H and O–H groups in total. The Morgan fingerprint density at radius 1 is 1.00 bits per heavy atom. The number of fused-ring (bicyclic) bond motifs is 4. The first-order valence-corrected chi connectivity index (χ1v) is 10.7. The standard InChI is InChI=1S/C24H21ClN4O2/c25-21-6-2-16(3-7-21)1-4-18-5-8-22-19-9-17(13-29(22)24(18)31)12-28(14-19)23(30)20-10-26-15-27-11-20/h1-8,10-11,15,17,19H,9,12-14H2/t17-,19-/m1/s1. The zero-order valence-corrected chi connectivity index (χ0v) is 17.6.